The van der Waals surface area contributed by atoms with Crippen LogP contribution in [0.25, 0.3) is 0 Å². The Hall–Kier alpha value is -2.38. The van der Waals surface area contributed by atoms with Gasteiger partial charge in [0, 0.05) is 45.1 Å². The molecule has 0 spiro atoms. The number of benzene rings is 1. The molecule has 0 saturated carbocycles. The first-order valence-electron chi connectivity index (χ1n) is 8.36. The van der Waals surface area contributed by atoms with E-state index in [1.807, 2.05) is 0 Å². The number of hydrogen-bond donors (Lipinski definition) is 1. The number of nitrogens with zero attached hydrogens (tertiary/aromatic N) is 4. The van der Waals surface area contributed by atoms with Gasteiger partial charge >= 0.3 is 0 Å². The first-order valence-corrected chi connectivity index (χ1v) is 8.36. The molecule has 2 heterocycles. The molecule has 1 fully saturated rings. The van der Waals surface area contributed by atoms with Crippen molar-refractivity contribution in [3.05, 3.63) is 59.9 Å². The van der Waals surface area contributed by atoms with E-state index >= 15 is 0 Å². The topological polar surface area (TPSA) is 61.4 Å². The highest BCUT2D eigenvalue weighted by molar-refractivity contribution is 5.91. The molecule has 1 aliphatic rings. The summed E-state index contributed by atoms with van der Waals surface area (Å²) in [5, 5.41) is 2.93. The van der Waals surface area contributed by atoms with Crippen molar-refractivity contribution in [2.45, 2.75) is 6.04 Å². The SMILES string of the molecule is CN1CCN(C(CNC(=O)c2cnccn2)c2ccc(F)cc2)CC1. The van der Waals surface area contributed by atoms with Crippen LogP contribution in [0.4, 0.5) is 4.39 Å². The number of halogens is 1. The quantitative estimate of drug-likeness (QED) is 0.888. The van der Waals surface area contributed by atoms with Gasteiger partial charge < -0.3 is 10.2 Å². The van der Waals surface area contributed by atoms with E-state index in [9.17, 15) is 9.18 Å². The predicted molar refractivity (Wildman–Crippen MR) is 92.6 cm³/mol. The van der Waals surface area contributed by atoms with Gasteiger partial charge in [0.05, 0.1) is 12.2 Å². The second kappa shape index (κ2) is 8.13. The van der Waals surface area contributed by atoms with E-state index in [1.165, 1.54) is 30.7 Å². The number of carbonyl (C=O) groups is 1. The van der Waals surface area contributed by atoms with E-state index < -0.39 is 0 Å². The van der Waals surface area contributed by atoms with E-state index in [0.29, 0.717) is 12.2 Å². The van der Waals surface area contributed by atoms with Gasteiger partial charge in [0.1, 0.15) is 11.5 Å². The zero-order chi connectivity index (χ0) is 17.6. The zero-order valence-electron chi connectivity index (χ0n) is 14.2. The minimum absolute atomic E-state index is 0.00470. The van der Waals surface area contributed by atoms with Crippen molar-refractivity contribution < 1.29 is 9.18 Å². The van der Waals surface area contributed by atoms with Crippen molar-refractivity contribution in [2.24, 2.45) is 0 Å². The minimum Gasteiger partial charge on any atom is -0.349 e. The van der Waals surface area contributed by atoms with Gasteiger partial charge in [-0.15, -0.1) is 0 Å². The van der Waals surface area contributed by atoms with Crippen LogP contribution in [-0.4, -0.2) is 65.4 Å². The summed E-state index contributed by atoms with van der Waals surface area (Å²) in [6, 6.07) is 6.49. The molecule has 1 aromatic heterocycles. The summed E-state index contributed by atoms with van der Waals surface area (Å²) in [5.74, 6) is -0.515. The maximum absolute atomic E-state index is 13.3. The second-order valence-electron chi connectivity index (χ2n) is 6.21. The Kier molecular flexibility index (Phi) is 5.67. The third-order valence-electron chi connectivity index (χ3n) is 4.49. The molecule has 2 aromatic rings. The monoisotopic (exact) mass is 343 g/mol. The number of aromatic nitrogens is 2. The maximum atomic E-state index is 13.3. The fourth-order valence-electron chi connectivity index (χ4n) is 2.97. The van der Waals surface area contributed by atoms with E-state index in [4.69, 9.17) is 0 Å². The van der Waals surface area contributed by atoms with Crippen LogP contribution in [0.3, 0.4) is 0 Å². The van der Waals surface area contributed by atoms with Gasteiger partial charge in [-0.3, -0.25) is 14.7 Å². The molecule has 1 atom stereocenters. The normalized spacial score (nSPS) is 17.2. The van der Waals surface area contributed by atoms with Crippen molar-refractivity contribution in [1.82, 2.24) is 25.1 Å². The average Bonchev–Trinajstić information content (AvgIpc) is 2.65. The Morgan fingerprint density at radius 1 is 1.20 bits per heavy atom. The molecule has 132 valence electrons. The zero-order valence-corrected chi connectivity index (χ0v) is 14.2. The summed E-state index contributed by atoms with van der Waals surface area (Å²) < 4.78 is 13.3. The maximum Gasteiger partial charge on any atom is 0.271 e. The number of amides is 1. The van der Waals surface area contributed by atoms with Gasteiger partial charge in [0.2, 0.25) is 0 Å². The molecular weight excluding hydrogens is 321 g/mol. The summed E-state index contributed by atoms with van der Waals surface area (Å²) in [5.41, 5.74) is 1.28. The summed E-state index contributed by atoms with van der Waals surface area (Å²) in [4.78, 5) is 24.8. The molecular formula is C18H22FN5O. The number of carbonyl (C=O) groups excluding carboxylic acids is 1. The van der Waals surface area contributed by atoms with Crippen molar-refractivity contribution in [3.63, 3.8) is 0 Å². The van der Waals surface area contributed by atoms with Crippen molar-refractivity contribution in [2.75, 3.05) is 39.8 Å². The summed E-state index contributed by atoms with van der Waals surface area (Å²) in [6.45, 7) is 4.18. The average molecular weight is 343 g/mol. The Balaban J connectivity index is 1.72. The Morgan fingerprint density at radius 3 is 2.56 bits per heavy atom. The molecule has 7 heteroatoms. The number of hydrogen-bond acceptors (Lipinski definition) is 5. The molecule has 1 unspecified atom stereocenters. The van der Waals surface area contributed by atoms with Crippen molar-refractivity contribution >= 4 is 5.91 Å². The summed E-state index contributed by atoms with van der Waals surface area (Å²) in [6.07, 6.45) is 4.47. The van der Waals surface area contributed by atoms with E-state index in [1.54, 1.807) is 12.1 Å². The Bertz CT molecular complexity index is 686. The lowest BCUT2D eigenvalue weighted by Crippen LogP contribution is -2.48. The third-order valence-corrected chi connectivity index (χ3v) is 4.49. The second-order valence-corrected chi connectivity index (χ2v) is 6.21. The van der Waals surface area contributed by atoms with Crippen LogP contribution in [0, 0.1) is 5.82 Å². The number of rotatable bonds is 5. The van der Waals surface area contributed by atoms with Crippen LogP contribution in [0.15, 0.2) is 42.9 Å². The predicted octanol–water partition coefficient (Wildman–Crippen LogP) is 1.33. The van der Waals surface area contributed by atoms with Gasteiger partial charge in [-0.1, -0.05) is 12.1 Å². The van der Waals surface area contributed by atoms with Gasteiger partial charge in [0.25, 0.3) is 5.91 Å². The molecule has 0 aliphatic carbocycles. The molecule has 1 amide bonds. The van der Waals surface area contributed by atoms with Crippen LogP contribution in [0.5, 0.6) is 0 Å². The highest BCUT2D eigenvalue weighted by atomic mass is 19.1. The van der Waals surface area contributed by atoms with Gasteiger partial charge in [-0.05, 0) is 24.7 Å². The number of nitrogens with one attached hydrogen (secondary N) is 1. The molecule has 25 heavy (non-hydrogen) atoms. The minimum atomic E-state index is -0.260. The highest BCUT2D eigenvalue weighted by Crippen LogP contribution is 2.22. The molecule has 6 nitrogen and oxygen atoms in total. The van der Waals surface area contributed by atoms with Gasteiger partial charge in [-0.25, -0.2) is 9.37 Å². The lowest BCUT2D eigenvalue weighted by Gasteiger charge is -2.38. The van der Waals surface area contributed by atoms with Crippen LogP contribution in [-0.2, 0) is 0 Å². The van der Waals surface area contributed by atoms with Gasteiger partial charge in [0.15, 0.2) is 0 Å². The van der Waals surface area contributed by atoms with Crippen molar-refractivity contribution in [3.8, 4) is 0 Å². The lowest BCUT2D eigenvalue weighted by atomic mass is 10.0. The molecule has 0 bridgehead atoms. The van der Waals surface area contributed by atoms with Crippen LogP contribution in [0.2, 0.25) is 0 Å². The number of piperazine rings is 1. The first-order chi connectivity index (χ1) is 12.1. The molecule has 1 N–H and O–H groups in total. The first kappa shape index (κ1) is 17.4. The summed E-state index contributed by atoms with van der Waals surface area (Å²) in [7, 11) is 2.10. The fourth-order valence-corrected chi connectivity index (χ4v) is 2.97. The summed E-state index contributed by atoms with van der Waals surface area (Å²) >= 11 is 0. The molecule has 1 aliphatic heterocycles. The van der Waals surface area contributed by atoms with Crippen LogP contribution in [0.1, 0.15) is 22.1 Å². The molecule has 1 saturated heterocycles. The van der Waals surface area contributed by atoms with Gasteiger partial charge in [-0.2, -0.15) is 0 Å². The van der Waals surface area contributed by atoms with E-state index in [-0.39, 0.29) is 17.8 Å². The van der Waals surface area contributed by atoms with E-state index in [2.05, 4.69) is 32.1 Å². The largest absolute Gasteiger partial charge is 0.349 e. The van der Waals surface area contributed by atoms with Crippen LogP contribution >= 0.6 is 0 Å². The Labute approximate surface area is 146 Å². The lowest BCUT2D eigenvalue weighted by molar-refractivity contribution is 0.0881. The van der Waals surface area contributed by atoms with Crippen LogP contribution < -0.4 is 5.32 Å². The molecule has 1 aromatic carbocycles. The third kappa shape index (κ3) is 4.58. The number of likely N-dealkylation sites (N-methyl/N-ethyl adjacent to an activating group) is 1. The molecule has 3 rings (SSSR count). The van der Waals surface area contributed by atoms with E-state index in [0.717, 1.165) is 31.7 Å². The highest BCUT2D eigenvalue weighted by Gasteiger charge is 2.24. The Morgan fingerprint density at radius 2 is 1.92 bits per heavy atom. The fraction of sp³-hybridized carbons (Fsp3) is 0.389. The standard InChI is InChI=1S/C18H22FN5O/c1-23-8-10-24(11-9-23)17(14-2-4-15(19)5-3-14)13-22-18(25)16-12-20-6-7-21-16/h2-7,12,17H,8-11,13H2,1H3,(H,22,25). The van der Waals surface area contributed by atoms with Crippen molar-refractivity contribution in [1.29, 1.82) is 0 Å². The smallest absolute Gasteiger partial charge is 0.271 e. The molecule has 0 radical (unpaired) electrons.